The second kappa shape index (κ2) is 6.15. The maximum atomic E-state index is 12.7. The van der Waals surface area contributed by atoms with E-state index in [4.69, 9.17) is 0 Å². The molecule has 2 bridgehead atoms. The second-order valence-electron chi connectivity index (χ2n) is 7.39. The Hall–Kier alpha value is -1.40. The Morgan fingerprint density at radius 2 is 1.58 bits per heavy atom. The molecule has 132 valence electrons. The van der Waals surface area contributed by atoms with Crippen molar-refractivity contribution in [2.45, 2.75) is 64.6 Å². The van der Waals surface area contributed by atoms with Crippen molar-refractivity contribution in [1.82, 2.24) is 9.62 Å². The van der Waals surface area contributed by atoms with Crippen molar-refractivity contribution >= 4 is 15.9 Å². The average molecular weight is 350 g/mol. The highest BCUT2D eigenvalue weighted by Gasteiger charge is 2.45. The first-order chi connectivity index (χ1) is 11.2. The van der Waals surface area contributed by atoms with Gasteiger partial charge in [0.1, 0.15) is 0 Å². The van der Waals surface area contributed by atoms with E-state index in [9.17, 15) is 13.2 Å². The summed E-state index contributed by atoms with van der Waals surface area (Å²) in [6, 6.07) is 4.16. The van der Waals surface area contributed by atoms with Crippen LogP contribution in [-0.4, -0.2) is 43.0 Å². The number of rotatable bonds is 3. The molecule has 2 unspecified atom stereocenters. The minimum absolute atomic E-state index is 0.0317. The molecule has 1 aromatic rings. The first kappa shape index (κ1) is 17.4. The van der Waals surface area contributed by atoms with Crippen molar-refractivity contribution < 1.29 is 13.2 Å². The highest BCUT2D eigenvalue weighted by molar-refractivity contribution is 7.88. The van der Waals surface area contributed by atoms with E-state index in [-0.39, 0.29) is 24.0 Å². The third-order valence-corrected chi connectivity index (χ3v) is 6.65. The molecule has 2 aliphatic heterocycles. The fourth-order valence-corrected chi connectivity index (χ4v) is 6.06. The van der Waals surface area contributed by atoms with Gasteiger partial charge in [0.15, 0.2) is 0 Å². The summed E-state index contributed by atoms with van der Waals surface area (Å²) in [7, 11) is -3.16. The predicted molar refractivity (Wildman–Crippen MR) is 94.6 cm³/mol. The minimum atomic E-state index is -3.16. The van der Waals surface area contributed by atoms with E-state index in [0.717, 1.165) is 35.1 Å². The van der Waals surface area contributed by atoms with Crippen molar-refractivity contribution in [3.63, 3.8) is 0 Å². The number of nitrogens with zero attached hydrogens (tertiary/aromatic N) is 1. The summed E-state index contributed by atoms with van der Waals surface area (Å²) in [5, 5.41) is 3.15. The Morgan fingerprint density at radius 1 is 1.08 bits per heavy atom. The summed E-state index contributed by atoms with van der Waals surface area (Å²) < 4.78 is 25.6. The zero-order valence-corrected chi connectivity index (χ0v) is 15.6. The molecular weight excluding hydrogens is 324 g/mol. The molecule has 24 heavy (non-hydrogen) atoms. The summed E-state index contributed by atoms with van der Waals surface area (Å²) in [5.41, 5.74) is 3.88. The van der Waals surface area contributed by atoms with E-state index in [1.807, 2.05) is 32.9 Å². The number of nitrogens with one attached hydrogen (secondary N) is 1. The molecule has 1 amide bonds. The van der Waals surface area contributed by atoms with Crippen molar-refractivity contribution in [1.29, 1.82) is 0 Å². The summed E-state index contributed by atoms with van der Waals surface area (Å²) in [5.74, 6) is -0.0396. The van der Waals surface area contributed by atoms with E-state index >= 15 is 0 Å². The highest BCUT2D eigenvalue weighted by atomic mass is 32.2. The maximum Gasteiger partial charge on any atom is 0.252 e. The van der Waals surface area contributed by atoms with Crippen molar-refractivity contribution in [2.75, 3.05) is 6.26 Å². The van der Waals surface area contributed by atoms with Gasteiger partial charge < -0.3 is 5.32 Å². The number of carbonyl (C=O) groups excluding carboxylic acids is 1. The Labute approximate surface area is 144 Å². The number of hydrogen-bond acceptors (Lipinski definition) is 3. The summed E-state index contributed by atoms with van der Waals surface area (Å²) in [6.45, 7) is 5.95. The lowest BCUT2D eigenvalue weighted by Crippen LogP contribution is -2.52. The van der Waals surface area contributed by atoms with Gasteiger partial charge in [0, 0.05) is 23.7 Å². The number of piperidine rings is 1. The molecule has 2 fully saturated rings. The molecule has 0 aromatic heterocycles. The van der Waals surface area contributed by atoms with Gasteiger partial charge in [0.25, 0.3) is 5.91 Å². The smallest absolute Gasteiger partial charge is 0.252 e. The molecule has 0 saturated carbocycles. The molecule has 1 aromatic carbocycles. The lowest BCUT2D eigenvalue weighted by molar-refractivity contribution is 0.0908. The molecule has 0 aliphatic carbocycles. The molecular formula is C18H26N2O3S. The van der Waals surface area contributed by atoms with Crippen molar-refractivity contribution in [2.24, 2.45) is 0 Å². The predicted octanol–water partition coefficient (Wildman–Crippen LogP) is 2.30. The molecule has 2 aliphatic rings. The van der Waals surface area contributed by atoms with Crippen LogP contribution in [0.1, 0.15) is 52.7 Å². The van der Waals surface area contributed by atoms with Crippen LogP contribution in [0.25, 0.3) is 0 Å². The Bertz CT molecular complexity index is 735. The van der Waals surface area contributed by atoms with E-state index in [1.54, 1.807) is 4.31 Å². The molecule has 1 N–H and O–H groups in total. The summed E-state index contributed by atoms with van der Waals surface area (Å²) in [6.07, 6.45) is 4.49. The van der Waals surface area contributed by atoms with Crippen LogP contribution in [0.2, 0.25) is 0 Å². The summed E-state index contributed by atoms with van der Waals surface area (Å²) in [4.78, 5) is 12.7. The van der Waals surface area contributed by atoms with Gasteiger partial charge >= 0.3 is 0 Å². The van der Waals surface area contributed by atoms with Crippen LogP contribution in [-0.2, 0) is 10.0 Å². The van der Waals surface area contributed by atoms with Gasteiger partial charge in [-0.2, -0.15) is 4.31 Å². The van der Waals surface area contributed by atoms with Crippen molar-refractivity contribution in [3.8, 4) is 0 Å². The topological polar surface area (TPSA) is 66.5 Å². The van der Waals surface area contributed by atoms with Gasteiger partial charge in [0.05, 0.1) is 6.26 Å². The quantitative estimate of drug-likeness (QED) is 0.909. The van der Waals surface area contributed by atoms with Crippen molar-refractivity contribution in [3.05, 3.63) is 34.4 Å². The molecule has 0 spiro atoms. The maximum absolute atomic E-state index is 12.7. The van der Waals surface area contributed by atoms with Gasteiger partial charge in [-0.05, 0) is 57.6 Å². The third-order valence-electron chi connectivity index (χ3n) is 5.29. The largest absolute Gasteiger partial charge is 0.349 e. The molecule has 3 rings (SSSR count). The minimum Gasteiger partial charge on any atom is -0.349 e. The number of amides is 1. The normalized spacial score (nSPS) is 27.2. The fourth-order valence-electron chi connectivity index (χ4n) is 4.59. The number of hydrogen-bond donors (Lipinski definition) is 1. The first-order valence-electron chi connectivity index (χ1n) is 8.54. The van der Waals surface area contributed by atoms with Crippen LogP contribution in [0.15, 0.2) is 12.1 Å². The number of aryl methyl sites for hydroxylation is 3. The summed E-state index contributed by atoms with van der Waals surface area (Å²) >= 11 is 0. The van der Waals surface area contributed by atoms with Gasteiger partial charge in [-0.25, -0.2) is 8.42 Å². The average Bonchev–Trinajstić information content (AvgIpc) is 2.70. The second-order valence-corrected chi connectivity index (χ2v) is 9.28. The Morgan fingerprint density at radius 3 is 2.04 bits per heavy atom. The number of carbonyl (C=O) groups is 1. The van der Waals surface area contributed by atoms with Crippen LogP contribution >= 0.6 is 0 Å². The van der Waals surface area contributed by atoms with E-state index in [0.29, 0.717) is 12.8 Å². The lowest BCUT2D eigenvalue weighted by Gasteiger charge is -2.37. The standard InChI is InChI=1S/C18H26N2O3S/c1-11-7-12(2)17(13(3)8-11)18(21)19-14-9-15-5-6-16(10-14)20(15)24(4,22)23/h7-8,14-16H,5-6,9-10H2,1-4H3,(H,19,21). The third kappa shape index (κ3) is 3.22. The zero-order valence-electron chi connectivity index (χ0n) is 14.8. The SMILES string of the molecule is Cc1cc(C)c(C(=O)NC2CC3CCC(C2)N3S(C)(=O)=O)c(C)c1. The highest BCUT2D eigenvalue weighted by Crippen LogP contribution is 2.37. The zero-order chi connectivity index (χ0) is 17.6. The Balaban J connectivity index is 1.74. The van der Waals surface area contributed by atoms with Gasteiger partial charge in [-0.15, -0.1) is 0 Å². The molecule has 6 heteroatoms. The van der Waals surface area contributed by atoms with E-state index < -0.39 is 10.0 Å². The fraction of sp³-hybridized carbons (Fsp3) is 0.611. The molecule has 0 radical (unpaired) electrons. The van der Waals surface area contributed by atoms with Gasteiger partial charge in [-0.3, -0.25) is 4.79 Å². The van der Waals surface area contributed by atoms with E-state index in [2.05, 4.69) is 5.32 Å². The Kier molecular flexibility index (Phi) is 4.47. The monoisotopic (exact) mass is 350 g/mol. The molecule has 2 atom stereocenters. The van der Waals surface area contributed by atoms with Gasteiger partial charge in [0.2, 0.25) is 10.0 Å². The van der Waals surface area contributed by atoms with Crippen LogP contribution in [0.3, 0.4) is 0 Å². The molecule has 2 saturated heterocycles. The molecule has 5 nitrogen and oxygen atoms in total. The molecule has 2 heterocycles. The first-order valence-corrected chi connectivity index (χ1v) is 10.4. The number of benzene rings is 1. The van der Waals surface area contributed by atoms with Crippen LogP contribution in [0.5, 0.6) is 0 Å². The van der Waals surface area contributed by atoms with Crippen LogP contribution in [0, 0.1) is 20.8 Å². The van der Waals surface area contributed by atoms with Crippen LogP contribution < -0.4 is 5.32 Å². The van der Waals surface area contributed by atoms with E-state index in [1.165, 1.54) is 6.26 Å². The van der Waals surface area contributed by atoms with Gasteiger partial charge in [-0.1, -0.05) is 17.7 Å². The number of fused-ring (bicyclic) bond motifs is 2. The number of sulfonamides is 1. The lowest BCUT2D eigenvalue weighted by atomic mass is 9.96. The van der Waals surface area contributed by atoms with Crippen LogP contribution in [0.4, 0.5) is 0 Å².